The first kappa shape index (κ1) is 23.5. The molecule has 1 amide bonds. The summed E-state index contributed by atoms with van der Waals surface area (Å²) < 4.78 is 40.2. The minimum atomic E-state index is -4.74. The molecule has 28 heavy (non-hydrogen) atoms. The van der Waals surface area contributed by atoms with E-state index in [1.54, 1.807) is 18.2 Å². The molecule has 0 saturated heterocycles. The summed E-state index contributed by atoms with van der Waals surface area (Å²) in [5.74, 6) is -0.413. The van der Waals surface area contributed by atoms with Gasteiger partial charge in [-0.1, -0.05) is 12.1 Å². The van der Waals surface area contributed by atoms with Crippen LogP contribution in [0.4, 0.5) is 18.9 Å². The van der Waals surface area contributed by atoms with E-state index in [0.29, 0.717) is 17.8 Å². The largest absolute Gasteiger partial charge is 0.573 e. The third-order valence-corrected chi connectivity index (χ3v) is 3.32. The average molecular weight is 508 g/mol. The van der Waals surface area contributed by atoms with E-state index in [1.807, 2.05) is 13.0 Å². The highest BCUT2D eigenvalue weighted by atomic mass is 127. The molecule has 0 radical (unpaired) electrons. The van der Waals surface area contributed by atoms with Crippen molar-refractivity contribution in [1.82, 2.24) is 5.32 Å². The minimum Gasteiger partial charge on any atom is -0.406 e. The van der Waals surface area contributed by atoms with Gasteiger partial charge in [-0.05, 0) is 48.9 Å². The number of halogens is 4. The standard InChI is InChI=1S/C18H19F3N4O2.HI/c1-2-23-16(26)13-5-3-4-12(10-13)11-24-17(22)25-14-6-8-15(9-7-14)27-18(19,20)21;/h3-10H,2,11H2,1H3,(H,23,26)(H3,22,24,25);1H. The fraction of sp³-hybridized carbons (Fsp3) is 0.222. The van der Waals surface area contributed by atoms with Gasteiger partial charge in [0.25, 0.3) is 5.91 Å². The van der Waals surface area contributed by atoms with Gasteiger partial charge in [-0.3, -0.25) is 4.79 Å². The van der Waals surface area contributed by atoms with Crippen molar-refractivity contribution < 1.29 is 22.7 Å². The van der Waals surface area contributed by atoms with E-state index in [2.05, 4.69) is 20.4 Å². The van der Waals surface area contributed by atoms with Crippen LogP contribution < -0.4 is 21.1 Å². The van der Waals surface area contributed by atoms with Crippen LogP contribution in [0, 0.1) is 0 Å². The Morgan fingerprint density at radius 2 is 1.86 bits per heavy atom. The molecule has 152 valence electrons. The zero-order valence-corrected chi connectivity index (χ0v) is 17.2. The summed E-state index contributed by atoms with van der Waals surface area (Å²) in [7, 11) is 0. The number of benzene rings is 2. The highest BCUT2D eigenvalue weighted by molar-refractivity contribution is 14.0. The number of rotatable bonds is 6. The summed E-state index contributed by atoms with van der Waals surface area (Å²) in [6.07, 6.45) is -4.74. The second kappa shape index (κ2) is 10.7. The normalized spacial score (nSPS) is 11.4. The van der Waals surface area contributed by atoms with Gasteiger partial charge in [0.05, 0.1) is 6.54 Å². The van der Waals surface area contributed by atoms with Crippen molar-refractivity contribution >= 4 is 41.5 Å². The fourth-order valence-electron chi connectivity index (χ4n) is 2.18. The zero-order valence-electron chi connectivity index (χ0n) is 14.9. The molecule has 0 atom stereocenters. The number of ether oxygens (including phenoxy) is 1. The number of amides is 1. The molecular formula is C18H20F3IN4O2. The van der Waals surface area contributed by atoms with E-state index in [-0.39, 0.29) is 48.1 Å². The molecule has 10 heteroatoms. The first-order valence-electron chi connectivity index (χ1n) is 8.06. The Kier molecular flexibility index (Phi) is 9.03. The molecule has 0 heterocycles. The van der Waals surface area contributed by atoms with Crippen molar-refractivity contribution in [3.63, 3.8) is 0 Å². The molecule has 0 saturated carbocycles. The molecule has 0 bridgehead atoms. The topological polar surface area (TPSA) is 88.7 Å². The summed E-state index contributed by atoms with van der Waals surface area (Å²) in [5, 5.41) is 5.48. The van der Waals surface area contributed by atoms with E-state index in [4.69, 9.17) is 5.73 Å². The van der Waals surface area contributed by atoms with Gasteiger partial charge in [-0.15, -0.1) is 37.1 Å². The Morgan fingerprint density at radius 3 is 2.46 bits per heavy atom. The molecule has 4 N–H and O–H groups in total. The highest BCUT2D eigenvalue weighted by Crippen LogP contribution is 2.23. The Morgan fingerprint density at radius 1 is 1.18 bits per heavy atom. The van der Waals surface area contributed by atoms with Gasteiger partial charge in [0.2, 0.25) is 0 Å². The van der Waals surface area contributed by atoms with Gasteiger partial charge < -0.3 is 21.1 Å². The van der Waals surface area contributed by atoms with Crippen molar-refractivity contribution in [2.45, 2.75) is 19.8 Å². The van der Waals surface area contributed by atoms with Crippen LogP contribution >= 0.6 is 24.0 Å². The number of nitrogens with one attached hydrogen (secondary N) is 2. The number of anilines is 1. The third-order valence-electron chi connectivity index (χ3n) is 3.32. The van der Waals surface area contributed by atoms with Crippen LogP contribution in [-0.4, -0.2) is 24.8 Å². The maximum absolute atomic E-state index is 12.1. The molecule has 6 nitrogen and oxygen atoms in total. The quantitative estimate of drug-likeness (QED) is 0.314. The number of alkyl halides is 3. The summed E-state index contributed by atoms with van der Waals surface area (Å²) in [6.45, 7) is 2.60. The number of carbonyl (C=O) groups excluding carboxylic acids is 1. The Hall–Kier alpha value is -2.50. The molecule has 0 aliphatic heterocycles. The smallest absolute Gasteiger partial charge is 0.406 e. The predicted octanol–water partition coefficient (Wildman–Crippen LogP) is 3.88. The van der Waals surface area contributed by atoms with Crippen LogP contribution in [0.2, 0.25) is 0 Å². The monoisotopic (exact) mass is 508 g/mol. The molecule has 2 aromatic rings. The van der Waals surface area contributed by atoms with Crippen LogP contribution in [0.5, 0.6) is 5.75 Å². The molecule has 2 aromatic carbocycles. The molecular weight excluding hydrogens is 488 g/mol. The molecule has 0 aromatic heterocycles. The second-order valence-corrected chi connectivity index (χ2v) is 5.46. The van der Waals surface area contributed by atoms with Crippen LogP contribution in [0.25, 0.3) is 0 Å². The number of carbonyl (C=O) groups is 1. The lowest BCUT2D eigenvalue weighted by atomic mass is 10.1. The number of nitrogens with zero attached hydrogens (tertiary/aromatic N) is 1. The van der Waals surface area contributed by atoms with Gasteiger partial charge in [0.15, 0.2) is 5.96 Å². The Labute approximate surface area is 177 Å². The first-order valence-corrected chi connectivity index (χ1v) is 8.06. The average Bonchev–Trinajstić information content (AvgIpc) is 2.61. The number of nitrogens with two attached hydrogens (primary N) is 1. The molecule has 0 fully saturated rings. The van der Waals surface area contributed by atoms with Crippen molar-refractivity contribution in [3.05, 3.63) is 59.7 Å². The molecule has 0 spiro atoms. The van der Waals surface area contributed by atoms with E-state index < -0.39 is 6.36 Å². The summed E-state index contributed by atoms with van der Waals surface area (Å²) in [6, 6.07) is 12.1. The van der Waals surface area contributed by atoms with Crippen molar-refractivity contribution in [3.8, 4) is 5.75 Å². The highest BCUT2D eigenvalue weighted by Gasteiger charge is 2.30. The zero-order chi connectivity index (χ0) is 19.9. The van der Waals surface area contributed by atoms with Crippen molar-refractivity contribution in [2.24, 2.45) is 10.7 Å². The predicted molar refractivity (Wildman–Crippen MR) is 112 cm³/mol. The van der Waals surface area contributed by atoms with Gasteiger partial charge in [-0.2, -0.15) is 0 Å². The van der Waals surface area contributed by atoms with Gasteiger partial charge in [0.1, 0.15) is 5.75 Å². The van der Waals surface area contributed by atoms with Gasteiger partial charge in [0, 0.05) is 17.8 Å². The van der Waals surface area contributed by atoms with E-state index >= 15 is 0 Å². The lowest BCUT2D eigenvalue weighted by molar-refractivity contribution is -0.274. The number of hydrogen-bond donors (Lipinski definition) is 3. The SMILES string of the molecule is CCNC(=O)c1cccc(CN=C(N)Nc2ccc(OC(F)(F)F)cc2)c1.I. The third kappa shape index (κ3) is 8.03. The van der Waals surface area contributed by atoms with E-state index in [0.717, 1.165) is 5.56 Å². The lowest BCUT2D eigenvalue weighted by Crippen LogP contribution is -2.23. The molecule has 2 rings (SSSR count). The van der Waals surface area contributed by atoms with Crippen LogP contribution in [0.1, 0.15) is 22.8 Å². The minimum absolute atomic E-state index is 0. The molecule has 0 unspecified atom stereocenters. The maximum atomic E-state index is 12.1. The van der Waals surface area contributed by atoms with Crippen molar-refractivity contribution in [2.75, 3.05) is 11.9 Å². The van der Waals surface area contributed by atoms with Crippen LogP contribution in [0.15, 0.2) is 53.5 Å². The summed E-state index contributed by atoms with van der Waals surface area (Å²) >= 11 is 0. The molecule has 0 aliphatic carbocycles. The number of hydrogen-bond acceptors (Lipinski definition) is 3. The maximum Gasteiger partial charge on any atom is 0.573 e. The lowest BCUT2D eigenvalue weighted by Gasteiger charge is -2.10. The van der Waals surface area contributed by atoms with E-state index in [1.165, 1.54) is 24.3 Å². The summed E-state index contributed by atoms with van der Waals surface area (Å²) in [5.41, 5.74) is 7.56. The van der Waals surface area contributed by atoms with Gasteiger partial charge >= 0.3 is 6.36 Å². The van der Waals surface area contributed by atoms with Crippen LogP contribution in [0.3, 0.4) is 0 Å². The van der Waals surface area contributed by atoms with E-state index in [9.17, 15) is 18.0 Å². The number of aliphatic imine (C=N–C) groups is 1. The second-order valence-electron chi connectivity index (χ2n) is 5.46. The van der Waals surface area contributed by atoms with Crippen molar-refractivity contribution in [1.29, 1.82) is 0 Å². The Bertz CT molecular complexity index is 811. The first-order chi connectivity index (χ1) is 12.8. The number of guanidine groups is 1. The Balaban J connectivity index is 0.00000392. The molecule has 0 aliphatic rings. The summed E-state index contributed by atoms with van der Waals surface area (Å²) in [4.78, 5) is 16.0. The van der Waals surface area contributed by atoms with Crippen LogP contribution in [-0.2, 0) is 6.54 Å². The fourth-order valence-corrected chi connectivity index (χ4v) is 2.18. The van der Waals surface area contributed by atoms with Gasteiger partial charge in [-0.25, -0.2) is 4.99 Å².